The summed E-state index contributed by atoms with van der Waals surface area (Å²) in [5, 5.41) is 0. The Morgan fingerprint density at radius 1 is 1.13 bits per heavy atom. The summed E-state index contributed by atoms with van der Waals surface area (Å²) in [4.78, 5) is 28.1. The smallest absolute Gasteiger partial charge is 0.256 e. The molecule has 124 valence electrons. The van der Waals surface area contributed by atoms with Crippen LogP contribution in [-0.2, 0) is 9.53 Å². The van der Waals surface area contributed by atoms with Crippen LogP contribution in [0.25, 0.3) is 0 Å². The van der Waals surface area contributed by atoms with Gasteiger partial charge >= 0.3 is 0 Å². The molecule has 1 aromatic carbocycles. The Labute approximate surface area is 135 Å². The van der Waals surface area contributed by atoms with E-state index in [0.717, 1.165) is 6.42 Å². The van der Waals surface area contributed by atoms with Gasteiger partial charge in [0, 0.05) is 32.6 Å². The Morgan fingerprint density at radius 2 is 1.87 bits per heavy atom. The zero-order valence-electron chi connectivity index (χ0n) is 13.0. The van der Waals surface area contributed by atoms with Gasteiger partial charge in [0.2, 0.25) is 5.91 Å². The van der Waals surface area contributed by atoms with E-state index in [1.165, 1.54) is 12.1 Å². The molecule has 23 heavy (non-hydrogen) atoms. The van der Waals surface area contributed by atoms with E-state index in [1.807, 2.05) is 4.90 Å². The van der Waals surface area contributed by atoms with E-state index >= 15 is 0 Å². The lowest BCUT2D eigenvalue weighted by molar-refractivity contribution is -0.136. The first-order valence-corrected chi connectivity index (χ1v) is 8.04. The maximum Gasteiger partial charge on any atom is 0.256 e. The predicted octanol–water partition coefficient (Wildman–Crippen LogP) is 1.54. The van der Waals surface area contributed by atoms with Crippen LogP contribution in [0.4, 0.5) is 4.39 Å². The van der Waals surface area contributed by atoms with Crippen molar-refractivity contribution in [2.24, 2.45) is 5.92 Å². The van der Waals surface area contributed by atoms with Gasteiger partial charge in [0.25, 0.3) is 5.91 Å². The average Bonchev–Trinajstić information content (AvgIpc) is 3.04. The van der Waals surface area contributed by atoms with Crippen molar-refractivity contribution in [1.29, 1.82) is 0 Å². The molecule has 6 heteroatoms. The van der Waals surface area contributed by atoms with E-state index in [2.05, 4.69) is 0 Å². The third kappa shape index (κ3) is 3.69. The van der Waals surface area contributed by atoms with Crippen molar-refractivity contribution in [3.05, 3.63) is 35.6 Å². The highest BCUT2D eigenvalue weighted by Gasteiger charge is 2.30. The van der Waals surface area contributed by atoms with Crippen molar-refractivity contribution in [3.8, 4) is 0 Å². The molecule has 0 N–H and O–H groups in total. The lowest BCUT2D eigenvalue weighted by Gasteiger charge is -2.27. The molecule has 1 aromatic rings. The van der Waals surface area contributed by atoms with Crippen LogP contribution >= 0.6 is 0 Å². The zero-order valence-corrected chi connectivity index (χ0v) is 13.0. The fraction of sp³-hybridized carbons (Fsp3) is 0.529. The molecule has 0 radical (unpaired) electrons. The molecule has 2 fully saturated rings. The van der Waals surface area contributed by atoms with E-state index in [1.54, 1.807) is 17.0 Å². The number of nitrogens with zero attached hydrogens (tertiary/aromatic N) is 2. The first-order chi connectivity index (χ1) is 11.1. The van der Waals surface area contributed by atoms with Gasteiger partial charge < -0.3 is 14.5 Å². The Morgan fingerprint density at radius 3 is 2.61 bits per heavy atom. The van der Waals surface area contributed by atoms with E-state index < -0.39 is 5.82 Å². The van der Waals surface area contributed by atoms with E-state index in [4.69, 9.17) is 4.74 Å². The minimum Gasteiger partial charge on any atom is -0.378 e. The number of halogens is 1. The normalized spacial score (nSPS) is 21.5. The van der Waals surface area contributed by atoms with Crippen molar-refractivity contribution in [1.82, 2.24) is 9.80 Å². The molecule has 2 aliphatic rings. The van der Waals surface area contributed by atoms with Crippen LogP contribution in [0.5, 0.6) is 0 Å². The summed E-state index contributed by atoms with van der Waals surface area (Å²) in [5.41, 5.74) is 0.104. The molecule has 1 atom stereocenters. The summed E-state index contributed by atoms with van der Waals surface area (Å²) in [6.45, 7) is 3.56. The van der Waals surface area contributed by atoms with Crippen molar-refractivity contribution >= 4 is 11.8 Å². The van der Waals surface area contributed by atoms with Crippen LogP contribution < -0.4 is 0 Å². The topological polar surface area (TPSA) is 49.9 Å². The minimum atomic E-state index is -0.495. The molecule has 1 unspecified atom stereocenters. The van der Waals surface area contributed by atoms with Gasteiger partial charge in [-0.2, -0.15) is 0 Å². The zero-order chi connectivity index (χ0) is 16.2. The van der Waals surface area contributed by atoms with Gasteiger partial charge in [0.1, 0.15) is 5.82 Å². The number of amides is 2. The molecule has 3 rings (SSSR count). The van der Waals surface area contributed by atoms with E-state index in [-0.39, 0.29) is 23.3 Å². The standard InChI is InChI=1S/C17H21FN2O3/c18-15-4-2-1-3-14(15)17(22)20-6-5-13(12-20)11-16(21)19-7-9-23-10-8-19/h1-4,13H,5-12H2. The van der Waals surface area contributed by atoms with Crippen molar-refractivity contribution < 1.29 is 18.7 Å². The first-order valence-electron chi connectivity index (χ1n) is 8.04. The SMILES string of the molecule is O=C(CC1CCN(C(=O)c2ccccc2F)C1)N1CCOCC1. The number of likely N-dealkylation sites (tertiary alicyclic amines) is 1. The van der Waals surface area contributed by atoms with Gasteiger partial charge in [-0.05, 0) is 24.5 Å². The molecule has 2 heterocycles. The highest BCUT2D eigenvalue weighted by Crippen LogP contribution is 2.23. The Kier molecular flexibility index (Phi) is 4.91. The average molecular weight is 320 g/mol. The quantitative estimate of drug-likeness (QED) is 0.849. The van der Waals surface area contributed by atoms with Gasteiger partial charge in [0.05, 0.1) is 18.8 Å². The molecular weight excluding hydrogens is 299 g/mol. The highest BCUT2D eigenvalue weighted by atomic mass is 19.1. The molecule has 0 aromatic heterocycles. The summed E-state index contributed by atoms with van der Waals surface area (Å²) in [6.07, 6.45) is 1.23. The van der Waals surface area contributed by atoms with Crippen molar-refractivity contribution in [3.63, 3.8) is 0 Å². The minimum absolute atomic E-state index is 0.104. The van der Waals surface area contributed by atoms with Crippen molar-refractivity contribution in [2.45, 2.75) is 12.8 Å². The van der Waals surface area contributed by atoms with Gasteiger partial charge in [-0.25, -0.2) is 4.39 Å². The van der Waals surface area contributed by atoms with Gasteiger partial charge in [-0.15, -0.1) is 0 Å². The lowest BCUT2D eigenvalue weighted by Crippen LogP contribution is -2.41. The maximum atomic E-state index is 13.7. The van der Waals surface area contributed by atoms with Crippen LogP contribution in [0.2, 0.25) is 0 Å². The third-order valence-electron chi connectivity index (χ3n) is 4.50. The number of hydrogen-bond donors (Lipinski definition) is 0. The summed E-state index contributed by atoms with van der Waals surface area (Å²) in [5.74, 6) is -0.505. The molecule has 0 bridgehead atoms. The second-order valence-electron chi connectivity index (χ2n) is 6.08. The number of ether oxygens (including phenoxy) is 1. The first kappa shape index (κ1) is 15.9. The van der Waals surface area contributed by atoms with Crippen molar-refractivity contribution in [2.75, 3.05) is 39.4 Å². The fourth-order valence-electron chi connectivity index (χ4n) is 3.18. The largest absolute Gasteiger partial charge is 0.378 e. The summed E-state index contributed by atoms with van der Waals surface area (Å²) < 4.78 is 19.0. The second-order valence-corrected chi connectivity index (χ2v) is 6.08. The molecule has 2 saturated heterocycles. The number of rotatable bonds is 3. The number of morpholine rings is 1. The molecule has 2 amide bonds. The molecule has 0 saturated carbocycles. The van der Waals surface area contributed by atoms with Gasteiger partial charge in [-0.3, -0.25) is 9.59 Å². The second kappa shape index (κ2) is 7.08. The molecular formula is C17H21FN2O3. The molecule has 0 spiro atoms. The van der Waals surface area contributed by atoms with Gasteiger partial charge in [0.15, 0.2) is 0 Å². The molecule has 0 aliphatic carbocycles. The van der Waals surface area contributed by atoms with Crippen LogP contribution in [0, 0.1) is 11.7 Å². The monoisotopic (exact) mass is 320 g/mol. The molecule has 2 aliphatic heterocycles. The van der Waals surface area contributed by atoms with Gasteiger partial charge in [-0.1, -0.05) is 12.1 Å². The van der Waals surface area contributed by atoms with Crippen LogP contribution in [0.1, 0.15) is 23.2 Å². The highest BCUT2D eigenvalue weighted by molar-refractivity contribution is 5.94. The summed E-state index contributed by atoms with van der Waals surface area (Å²) in [7, 11) is 0. The number of hydrogen-bond acceptors (Lipinski definition) is 3. The maximum absolute atomic E-state index is 13.7. The third-order valence-corrected chi connectivity index (χ3v) is 4.50. The molecule has 5 nitrogen and oxygen atoms in total. The van der Waals surface area contributed by atoms with Crippen LogP contribution in [-0.4, -0.2) is 61.0 Å². The van der Waals surface area contributed by atoms with Crippen LogP contribution in [0.3, 0.4) is 0 Å². The number of carbonyl (C=O) groups is 2. The lowest BCUT2D eigenvalue weighted by atomic mass is 10.0. The Hall–Kier alpha value is -1.95. The number of carbonyl (C=O) groups excluding carboxylic acids is 2. The predicted molar refractivity (Wildman–Crippen MR) is 82.4 cm³/mol. The summed E-state index contributed by atoms with van der Waals surface area (Å²) >= 11 is 0. The summed E-state index contributed by atoms with van der Waals surface area (Å²) in [6, 6.07) is 6.03. The van der Waals surface area contributed by atoms with E-state index in [9.17, 15) is 14.0 Å². The van der Waals surface area contributed by atoms with E-state index in [0.29, 0.717) is 45.8 Å². The van der Waals surface area contributed by atoms with Crippen LogP contribution in [0.15, 0.2) is 24.3 Å². The Bertz CT molecular complexity index is 587. The Balaban J connectivity index is 1.55. The fourth-order valence-corrected chi connectivity index (χ4v) is 3.18. The number of benzene rings is 1.